The molecule has 4 aromatic rings. The Labute approximate surface area is 181 Å². The van der Waals surface area contributed by atoms with Gasteiger partial charge in [-0.05, 0) is 24.3 Å². The molecule has 0 aliphatic rings. The maximum absolute atomic E-state index is 13.0. The molecule has 146 valence electrons. The standard InChI is InChI=1S/C21H17ClN4OS2/c1-2-10-25(13-17-8-9-19(22)29-17)21(27)18-14-28-20(24-18)15-11-23-26(12-15)16-6-4-3-5-7-16/h2-9,11-12,14H,1,10,13H2. The summed E-state index contributed by atoms with van der Waals surface area (Å²) in [6.07, 6.45) is 5.39. The second-order valence-corrected chi connectivity index (χ2v) is 8.88. The fourth-order valence-electron chi connectivity index (χ4n) is 2.82. The number of nitrogens with zero attached hydrogens (tertiary/aromatic N) is 4. The van der Waals surface area contributed by atoms with Gasteiger partial charge in [0, 0.05) is 28.6 Å². The quantitative estimate of drug-likeness (QED) is 0.354. The first-order valence-corrected chi connectivity index (χ1v) is 10.9. The lowest BCUT2D eigenvalue weighted by molar-refractivity contribution is 0.0759. The number of para-hydroxylation sites is 1. The fraction of sp³-hybridized carbons (Fsp3) is 0.0952. The zero-order valence-electron chi connectivity index (χ0n) is 15.4. The van der Waals surface area contributed by atoms with E-state index in [1.54, 1.807) is 27.2 Å². The Morgan fingerprint density at radius 1 is 1.24 bits per heavy atom. The number of halogens is 1. The third-order valence-electron chi connectivity index (χ3n) is 4.19. The third kappa shape index (κ3) is 4.48. The van der Waals surface area contributed by atoms with Crippen molar-refractivity contribution in [3.05, 3.63) is 87.8 Å². The number of benzene rings is 1. The summed E-state index contributed by atoms with van der Waals surface area (Å²) >= 11 is 8.91. The SMILES string of the molecule is C=CCN(Cc1ccc(Cl)s1)C(=O)c1csc(-c2cnn(-c3ccccc3)c2)n1. The first-order chi connectivity index (χ1) is 14.1. The van der Waals surface area contributed by atoms with E-state index in [0.717, 1.165) is 21.1 Å². The maximum Gasteiger partial charge on any atom is 0.273 e. The van der Waals surface area contributed by atoms with E-state index < -0.39 is 0 Å². The largest absolute Gasteiger partial charge is 0.328 e. The van der Waals surface area contributed by atoms with Crippen molar-refractivity contribution in [2.75, 3.05) is 6.54 Å². The van der Waals surface area contributed by atoms with Gasteiger partial charge in [0.15, 0.2) is 0 Å². The Hall–Kier alpha value is -2.74. The van der Waals surface area contributed by atoms with Gasteiger partial charge in [-0.15, -0.1) is 29.3 Å². The molecule has 3 aromatic heterocycles. The molecule has 0 bridgehead atoms. The first kappa shape index (κ1) is 19.6. The van der Waals surface area contributed by atoms with E-state index >= 15 is 0 Å². The highest BCUT2D eigenvalue weighted by Gasteiger charge is 2.20. The smallest absolute Gasteiger partial charge is 0.273 e. The van der Waals surface area contributed by atoms with E-state index in [9.17, 15) is 4.79 Å². The molecule has 0 spiro atoms. The lowest BCUT2D eigenvalue weighted by Gasteiger charge is -2.19. The second-order valence-electron chi connectivity index (χ2n) is 6.23. The van der Waals surface area contributed by atoms with Gasteiger partial charge in [-0.2, -0.15) is 5.10 Å². The van der Waals surface area contributed by atoms with Gasteiger partial charge in [0.2, 0.25) is 0 Å². The first-order valence-electron chi connectivity index (χ1n) is 8.84. The van der Waals surface area contributed by atoms with Crippen molar-refractivity contribution in [1.82, 2.24) is 19.7 Å². The molecule has 1 aromatic carbocycles. The Kier molecular flexibility index (Phi) is 5.89. The Morgan fingerprint density at radius 2 is 2.07 bits per heavy atom. The van der Waals surface area contributed by atoms with Crippen molar-refractivity contribution in [1.29, 1.82) is 0 Å². The number of thiophene rings is 1. The molecule has 0 fully saturated rings. The molecule has 0 N–H and O–H groups in total. The van der Waals surface area contributed by atoms with E-state index in [-0.39, 0.29) is 5.91 Å². The van der Waals surface area contributed by atoms with Crippen LogP contribution in [0.15, 0.2) is 72.9 Å². The molecule has 0 saturated carbocycles. The van der Waals surface area contributed by atoms with Gasteiger partial charge in [-0.3, -0.25) is 4.79 Å². The molecule has 29 heavy (non-hydrogen) atoms. The third-order valence-corrected chi connectivity index (χ3v) is 6.29. The van der Waals surface area contributed by atoms with Crippen LogP contribution in [-0.4, -0.2) is 32.1 Å². The fourth-order valence-corrected chi connectivity index (χ4v) is 4.69. The number of carbonyl (C=O) groups is 1. The monoisotopic (exact) mass is 440 g/mol. The minimum Gasteiger partial charge on any atom is -0.328 e. The second kappa shape index (κ2) is 8.73. The Morgan fingerprint density at radius 3 is 2.79 bits per heavy atom. The van der Waals surface area contributed by atoms with Crippen LogP contribution >= 0.6 is 34.3 Å². The molecular formula is C21H17ClN4OS2. The summed E-state index contributed by atoms with van der Waals surface area (Å²) in [7, 11) is 0. The van der Waals surface area contributed by atoms with E-state index in [1.165, 1.54) is 22.7 Å². The van der Waals surface area contributed by atoms with E-state index in [4.69, 9.17) is 11.6 Å². The van der Waals surface area contributed by atoms with Gasteiger partial charge in [-0.25, -0.2) is 9.67 Å². The molecule has 0 saturated heterocycles. The molecule has 0 unspecified atom stereocenters. The molecule has 0 aliphatic heterocycles. The Balaban J connectivity index is 1.53. The number of amides is 1. The molecule has 5 nitrogen and oxygen atoms in total. The number of carbonyl (C=O) groups excluding carboxylic acids is 1. The lowest BCUT2D eigenvalue weighted by atomic mass is 10.3. The lowest BCUT2D eigenvalue weighted by Crippen LogP contribution is -2.30. The summed E-state index contributed by atoms with van der Waals surface area (Å²) in [5.74, 6) is -0.132. The number of hydrogen-bond acceptors (Lipinski definition) is 5. The maximum atomic E-state index is 13.0. The zero-order valence-corrected chi connectivity index (χ0v) is 17.8. The molecule has 0 atom stereocenters. The Bertz CT molecular complexity index is 1130. The number of thiazole rings is 1. The molecule has 0 aliphatic carbocycles. The molecule has 4 rings (SSSR count). The highest BCUT2D eigenvalue weighted by molar-refractivity contribution is 7.16. The summed E-state index contributed by atoms with van der Waals surface area (Å²) < 4.78 is 2.50. The average Bonchev–Trinajstić information content (AvgIpc) is 3.48. The van der Waals surface area contributed by atoms with Gasteiger partial charge in [0.1, 0.15) is 10.7 Å². The van der Waals surface area contributed by atoms with Crippen LogP contribution in [0.5, 0.6) is 0 Å². The summed E-state index contributed by atoms with van der Waals surface area (Å²) in [5.41, 5.74) is 2.26. The van der Waals surface area contributed by atoms with Crippen LogP contribution in [0, 0.1) is 0 Å². The van der Waals surface area contributed by atoms with Crippen LogP contribution in [0.1, 0.15) is 15.4 Å². The van der Waals surface area contributed by atoms with Crippen LogP contribution in [0.3, 0.4) is 0 Å². The van der Waals surface area contributed by atoms with Crippen molar-refractivity contribution in [2.45, 2.75) is 6.54 Å². The number of rotatable bonds is 7. The van der Waals surface area contributed by atoms with Crippen molar-refractivity contribution < 1.29 is 4.79 Å². The molecule has 8 heteroatoms. The minimum atomic E-state index is -0.132. The highest BCUT2D eigenvalue weighted by atomic mass is 35.5. The topological polar surface area (TPSA) is 51.0 Å². The predicted molar refractivity (Wildman–Crippen MR) is 119 cm³/mol. The summed E-state index contributed by atoms with van der Waals surface area (Å²) in [4.78, 5) is 20.3. The summed E-state index contributed by atoms with van der Waals surface area (Å²) in [6.45, 7) is 4.67. The molecule has 0 radical (unpaired) electrons. The molecular weight excluding hydrogens is 424 g/mol. The summed E-state index contributed by atoms with van der Waals surface area (Å²) in [6, 6.07) is 13.6. The minimum absolute atomic E-state index is 0.132. The van der Waals surface area contributed by atoms with Gasteiger partial charge >= 0.3 is 0 Å². The van der Waals surface area contributed by atoms with Crippen LogP contribution in [-0.2, 0) is 6.54 Å². The van der Waals surface area contributed by atoms with Crippen molar-refractivity contribution in [2.24, 2.45) is 0 Å². The predicted octanol–water partition coefficient (Wildman–Crippen LogP) is 5.54. The van der Waals surface area contributed by atoms with Crippen LogP contribution in [0.2, 0.25) is 4.34 Å². The van der Waals surface area contributed by atoms with Crippen LogP contribution in [0.25, 0.3) is 16.3 Å². The van der Waals surface area contributed by atoms with Crippen LogP contribution < -0.4 is 0 Å². The van der Waals surface area contributed by atoms with E-state index in [1.807, 2.05) is 48.7 Å². The normalized spacial score (nSPS) is 10.8. The highest BCUT2D eigenvalue weighted by Crippen LogP contribution is 2.26. The van der Waals surface area contributed by atoms with E-state index in [0.29, 0.717) is 23.1 Å². The van der Waals surface area contributed by atoms with Crippen molar-refractivity contribution in [3.8, 4) is 16.3 Å². The molecule has 3 heterocycles. The van der Waals surface area contributed by atoms with Gasteiger partial charge in [0.25, 0.3) is 5.91 Å². The summed E-state index contributed by atoms with van der Waals surface area (Å²) in [5, 5.41) is 6.95. The van der Waals surface area contributed by atoms with Crippen LogP contribution in [0.4, 0.5) is 0 Å². The van der Waals surface area contributed by atoms with E-state index in [2.05, 4.69) is 16.7 Å². The number of hydrogen-bond donors (Lipinski definition) is 0. The van der Waals surface area contributed by atoms with Crippen molar-refractivity contribution in [3.63, 3.8) is 0 Å². The van der Waals surface area contributed by atoms with Crippen molar-refractivity contribution >= 4 is 40.2 Å². The number of aromatic nitrogens is 3. The zero-order chi connectivity index (χ0) is 20.2. The average molecular weight is 441 g/mol. The van der Waals surface area contributed by atoms with Gasteiger partial charge in [0.05, 0.1) is 22.8 Å². The van der Waals surface area contributed by atoms with Gasteiger partial charge in [-0.1, -0.05) is 35.9 Å². The molecule has 1 amide bonds. The van der Waals surface area contributed by atoms with Gasteiger partial charge < -0.3 is 4.90 Å².